The summed E-state index contributed by atoms with van der Waals surface area (Å²) in [5, 5.41) is 22.4. The number of hydrogen-bond acceptors (Lipinski definition) is 7. The standard InChI is InChI=1S/C23H20N6O3S/c1-15-6-3-4-8-20(15)28-21(17-7-5-13-24-14-17)26-27-23(28)33-16(2)22(30)25-18-9-11-19(12-10-18)29(31)32/h3-14,16H,1-2H3,(H,25,30). The minimum absolute atomic E-state index is 0.0373. The number of nitro groups is 1. The maximum Gasteiger partial charge on any atom is 0.269 e. The first-order valence-corrected chi connectivity index (χ1v) is 11.0. The van der Waals surface area contributed by atoms with Crippen LogP contribution in [0.15, 0.2) is 78.2 Å². The molecule has 0 spiro atoms. The Morgan fingerprint density at radius 2 is 1.85 bits per heavy atom. The van der Waals surface area contributed by atoms with Gasteiger partial charge in [-0.25, -0.2) is 0 Å². The van der Waals surface area contributed by atoms with Gasteiger partial charge in [0.25, 0.3) is 5.69 Å². The van der Waals surface area contributed by atoms with Crippen LogP contribution >= 0.6 is 11.8 Å². The smallest absolute Gasteiger partial charge is 0.269 e. The largest absolute Gasteiger partial charge is 0.325 e. The lowest BCUT2D eigenvalue weighted by molar-refractivity contribution is -0.384. The molecule has 33 heavy (non-hydrogen) atoms. The number of hydrogen-bond donors (Lipinski definition) is 1. The molecule has 2 aromatic carbocycles. The summed E-state index contributed by atoms with van der Waals surface area (Å²) < 4.78 is 1.92. The first-order valence-electron chi connectivity index (χ1n) is 10.1. The second-order valence-electron chi connectivity index (χ2n) is 7.22. The quantitative estimate of drug-likeness (QED) is 0.242. The second-order valence-corrected chi connectivity index (χ2v) is 8.53. The summed E-state index contributed by atoms with van der Waals surface area (Å²) in [4.78, 5) is 27.3. The number of anilines is 1. The van der Waals surface area contributed by atoms with Gasteiger partial charge >= 0.3 is 0 Å². The fourth-order valence-corrected chi connectivity index (χ4v) is 4.04. The number of amides is 1. The van der Waals surface area contributed by atoms with Gasteiger partial charge in [-0.2, -0.15) is 0 Å². The molecular formula is C23H20N6O3S. The molecule has 166 valence electrons. The van der Waals surface area contributed by atoms with Gasteiger partial charge in [-0.15, -0.1) is 10.2 Å². The first-order chi connectivity index (χ1) is 15.9. The van der Waals surface area contributed by atoms with E-state index in [0.29, 0.717) is 16.7 Å². The predicted molar refractivity (Wildman–Crippen MR) is 126 cm³/mol. The number of thioether (sulfide) groups is 1. The van der Waals surface area contributed by atoms with Gasteiger partial charge in [0.2, 0.25) is 5.91 Å². The van der Waals surface area contributed by atoms with Crippen molar-refractivity contribution in [3.05, 3.63) is 88.7 Å². The first kappa shape index (κ1) is 22.2. The normalized spacial score (nSPS) is 11.7. The molecule has 9 nitrogen and oxygen atoms in total. The van der Waals surface area contributed by atoms with Crippen LogP contribution in [0.2, 0.25) is 0 Å². The van der Waals surface area contributed by atoms with Crippen molar-refractivity contribution in [2.75, 3.05) is 5.32 Å². The van der Waals surface area contributed by atoms with E-state index in [1.807, 2.05) is 47.9 Å². The van der Waals surface area contributed by atoms with E-state index in [4.69, 9.17) is 0 Å². The highest BCUT2D eigenvalue weighted by Crippen LogP contribution is 2.31. The monoisotopic (exact) mass is 460 g/mol. The number of carbonyl (C=O) groups is 1. The molecule has 0 saturated carbocycles. The molecule has 4 rings (SSSR count). The maximum atomic E-state index is 12.8. The van der Waals surface area contributed by atoms with Crippen LogP contribution in [0.3, 0.4) is 0 Å². The van der Waals surface area contributed by atoms with Gasteiger partial charge in [0, 0.05) is 35.8 Å². The summed E-state index contributed by atoms with van der Waals surface area (Å²) in [7, 11) is 0. The number of carbonyl (C=O) groups excluding carboxylic acids is 1. The molecule has 2 aromatic heterocycles. The van der Waals surface area contributed by atoms with Crippen LogP contribution in [0.1, 0.15) is 12.5 Å². The molecule has 0 saturated heterocycles. The molecule has 1 atom stereocenters. The Balaban J connectivity index is 1.61. The predicted octanol–water partition coefficient (Wildman–Crippen LogP) is 4.67. The van der Waals surface area contributed by atoms with E-state index >= 15 is 0 Å². The van der Waals surface area contributed by atoms with Crippen molar-refractivity contribution in [1.29, 1.82) is 0 Å². The number of aromatic nitrogens is 4. The van der Waals surface area contributed by atoms with Crippen LogP contribution in [0, 0.1) is 17.0 Å². The third kappa shape index (κ3) is 4.90. The molecule has 2 heterocycles. The van der Waals surface area contributed by atoms with E-state index in [9.17, 15) is 14.9 Å². The summed E-state index contributed by atoms with van der Waals surface area (Å²) in [5.41, 5.74) is 3.20. The van der Waals surface area contributed by atoms with Crippen LogP contribution in [-0.2, 0) is 4.79 Å². The zero-order valence-corrected chi connectivity index (χ0v) is 18.7. The Morgan fingerprint density at radius 1 is 1.09 bits per heavy atom. The highest BCUT2D eigenvalue weighted by atomic mass is 32.2. The Hall–Kier alpha value is -4.05. The number of non-ortho nitro benzene ring substituents is 1. The molecule has 10 heteroatoms. The zero-order chi connectivity index (χ0) is 23.4. The molecule has 0 radical (unpaired) electrons. The maximum absolute atomic E-state index is 12.8. The fraction of sp³-hybridized carbons (Fsp3) is 0.130. The van der Waals surface area contributed by atoms with Gasteiger partial charge in [0.1, 0.15) is 0 Å². The summed E-state index contributed by atoms with van der Waals surface area (Å²) in [6.45, 7) is 3.77. The summed E-state index contributed by atoms with van der Waals surface area (Å²) in [5.74, 6) is 0.374. The van der Waals surface area contributed by atoms with Crippen molar-refractivity contribution in [2.45, 2.75) is 24.3 Å². The molecule has 4 aromatic rings. The van der Waals surface area contributed by atoms with E-state index in [-0.39, 0.29) is 11.6 Å². The van der Waals surface area contributed by atoms with Crippen LogP contribution in [0.4, 0.5) is 11.4 Å². The van der Waals surface area contributed by atoms with E-state index in [2.05, 4.69) is 20.5 Å². The topological polar surface area (TPSA) is 116 Å². The molecule has 1 N–H and O–H groups in total. The molecular weight excluding hydrogens is 440 g/mol. The SMILES string of the molecule is Cc1ccccc1-n1c(SC(C)C(=O)Nc2ccc([N+](=O)[O-])cc2)nnc1-c1cccnc1. The van der Waals surface area contributed by atoms with E-state index in [0.717, 1.165) is 16.8 Å². The van der Waals surface area contributed by atoms with E-state index < -0.39 is 10.2 Å². The lowest BCUT2D eigenvalue weighted by Gasteiger charge is -2.15. The molecule has 0 aliphatic heterocycles. The minimum Gasteiger partial charge on any atom is -0.325 e. The van der Waals surface area contributed by atoms with Gasteiger partial charge < -0.3 is 5.32 Å². The van der Waals surface area contributed by atoms with Crippen LogP contribution in [0.5, 0.6) is 0 Å². The fourth-order valence-electron chi connectivity index (χ4n) is 3.18. The number of aryl methyl sites for hydroxylation is 1. The van der Waals surface area contributed by atoms with E-state index in [1.165, 1.54) is 36.0 Å². The highest BCUT2D eigenvalue weighted by Gasteiger charge is 2.23. The van der Waals surface area contributed by atoms with Crippen LogP contribution in [-0.4, -0.2) is 35.8 Å². The number of nitrogens with one attached hydrogen (secondary N) is 1. The van der Waals surface area contributed by atoms with Crippen LogP contribution in [0.25, 0.3) is 17.1 Å². The second kappa shape index (κ2) is 9.61. The van der Waals surface area contributed by atoms with Gasteiger partial charge in [0.05, 0.1) is 15.9 Å². The lowest BCUT2D eigenvalue weighted by atomic mass is 10.2. The van der Waals surface area contributed by atoms with Crippen molar-refractivity contribution < 1.29 is 9.72 Å². The van der Waals surface area contributed by atoms with Gasteiger partial charge in [0.15, 0.2) is 11.0 Å². The molecule has 0 aliphatic rings. The average molecular weight is 461 g/mol. The Labute approximate surface area is 194 Å². The Morgan fingerprint density at radius 3 is 2.52 bits per heavy atom. The van der Waals surface area contributed by atoms with Gasteiger partial charge in [-0.05, 0) is 49.7 Å². The van der Waals surface area contributed by atoms with Crippen molar-refractivity contribution >= 4 is 29.0 Å². The number of rotatable bonds is 7. The summed E-state index contributed by atoms with van der Waals surface area (Å²) in [6, 6.07) is 17.3. The Bertz CT molecular complexity index is 1290. The minimum atomic E-state index is -0.506. The number of pyridine rings is 1. The van der Waals surface area contributed by atoms with Crippen molar-refractivity contribution in [1.82, 2.24) is 19.7 Å². The number of nitro benzene ring substituents is 1. The van der Waals surface area contributed by atoms with Gasteiger partial charge in [-0.1, -0.05) is 30.0 Å². The number of nitrogens with zero attached hydrogens (tertiary/aromatic N) is 5. The van der Waals surface area contributed by atoms with Crippen LogP contribution < -0.4 is 5.32 Å². The summed E-state index contributed by atoms with van der Waals surface area (Å²) >= 11 is 1.27. The van der Waals surface area contributed by atoms with E-state index in [1.54, 1.807) is 19.3 Å². The van der Waals surface area contributed by atoms with Crippen molar-refractivity contribution in [3.63, 3.8) is 0 Å². The average Bonchev–Trinajstić information content (AvgIpc) is 3.23. The van der Waals surface area contributed by atoms with Crippen molar-refractivity contribution in [2.24, 2.45) is 0 Å². The molecule has 0 fully saturated rings. The lowest BCUT2D eigenvalue weighted by Crippen LogP contribution is -2.23. The zero-order valence-electron chi connectivity index (χ0n) is 17.9. The third-order valence-corrected chi connectivity index (χ3v) is 5.95. The molecule has 0 bridgehead atoms. The van der Waals surface area contributed by atoms with Crippen molar-refractivity contribution in [3.8, 4) is 17.1 Å². The molecule has 0 aliphatic carbocycles. The number of para-hydroxylation sites is 1. The van der Waals surface area contributed by atoms with Gasteiger partial charge in [-0.3, -0.25) is 24.5 Å². The molecule has 1 amide bonds. The highest BCUT2D eigenvalue weighted by molar-refractivity contribution is 8.00. The Kier molecular flexibility index (Phi) is 6.45. The molecule has 1 unspecified atom stereocenters. The summed E-state index contributed by atoms with van der Waals surface area (Å²) in [6.07, 6.45) is 3.41. The number of benzene rings is 2. The third-order valence-electron chi connectivity index (χ3n) is 4.91.